The van der Waals surface area contributed by atoms with Gasteiger partial charge in [-0.05, 0) is 51.4 Å². The lowest BCUT2D eigenvalue weighted by molar-refractivity contribution is -0.143. The van der Waals surface area contributed by atoms with Gasteiger partial charge in [0.1, 0.15) is 0 Å². The summed E-state index contributed by atoms with van der Waals surface area (Å²) < 4.78 is 5.44. The van der Waals surface area contributed by atoms with Crippen molar-refractivity contribution in [1.82, 2.24) is 5.32 Å². The van der Waals surface area contributed by atoms with Gasteiger partial charge in [0.15, 0.2) is 0 Å². The first-order valence-electron chi connectivity index (χ1n) is 23.4. The third-order valence-electron chi connectivity index (χ3n) is 10.8. The number of nitrogens with one attached hydrogen (secondary N) is 1. The maximum Gasteiger partial charge on any atom is 0.305 e. The molecule has 0 saturated carbocycles. The van der Waals surface area contributed by atoms with Crippen molar-refractivity contribution >= 4 is 11.9 Å². The highest BCUT2D eigenvalue weighted by Crippen LogP contribution is 2.15. The molecule has 6 heteroatoms. The summed E-state index contributed by atoms with van der Waals surface area (Å²) in [6.45, 7) is 4.89. The number of carbonyl (C=O) groups is 2. The standard InChI is InChI=1S/C47H91NO5/c1-3-5-7-9-11-13-15-21-25-29-33-37-41-47(52)53-42-38-34-30-26-22-18-16-17-20-24-28-32-36-40-46(51)48-44(43-49)45(50)39-35-31-27-23-19-14-12-10-8-6-4-2/h17,20,44-45,49-50H,3-16,18-19,21-43H2,1-2H3,(H,48,51)/b20-17-. The SMILES string of the molecule is CCCCCCCCCCCCCCC(=O)OCCCCCCCC/C=C\CCCCCC(=O)NC(CO)C(O)CCCCCCCCCCCCC. The number of allylic oxidation sites excluding steroid dienone is 2. The second-order valence-corrected chi connectivity index (χ2v) is 16.1. The fraction of sp³-hybridized carbons (Fsp3) is 0.915. The molecule has 0 saturated heterocycles. The molecule has 0 aliphatic carbocycles. The van der Waals surface area contributed by atoms with Crippen molar-refractivity contribution in [3.8, 4) is 0 Å². The van der Waals surface area contributed by atoms with E-state index in [9.17, 15) is 19.8 Å². The predicted octanol–water partition coefficient (Wildman–Crippen LogP) is 13.4. The number of carbonyl (C=O) groups excluding carboxylic acids is 2. The maximum atomic E-state index is 12.4. The van der Waals surface area contributed by atoms with Crippen LogP contribution in [0.5, 0.6) is 0 Å². The van der Waals surface area contributed by atoms with Gasteiger partial charge >= 0.3 is 5.97 Å². The average molecular weight is 750 g/mol. The highest BCUT2D eigenvalue weighted by molar-refractivity contribution is 5.76. The number of rotatable bonds is 43. The molecule has 3 N–H and O–H groups in total. The van der Waals surface area contributed by atoms with Gasteiger partial charge in [-0.2, -0.15) is 0 Å². The van der Waals surface area contributed by atoms with Crippen molar-refractivity contribution in [3.05, 3.63) is 12.2 Å². The van der Waals surface area contributed by atoms with E-state index < -0.39 is 12.1 Å². The zero-order valence-corrected chi connectivity index (χ0v) is 35.5. The van der Waals surface area contributed by atoms with E-state index in [2.05, 4.69) is 31.3 Å². The third-order valence-corrected chi connectivity index (χ3v) is 10.8. The van der Waals surface area contributed by atoms with Crippen LogP contribution in [0, 0.1) is 0 Å². The molecule has 6 nitrogen and oxygen atoms in total. The van der Waals surface area contributed by atoms with Crippen LogP contribution in [0.4, 0.5) is 0 Å². The highest BCUT2D eigenvalue weighted by atomic mass is 16.5. The van der Waals surface area contributed by atoms with E-state index in [0.29, 0.717) is 25.9 Å². The Morgan fingerprint density at radius 1 is 0.509 bits per heavy atom. The second kappa shape index (κ2) is 43.3. The average Bonchev–Trinajstić information content (AvgIpc) is 3.16. The zero-order chi connectivity index (χ0) is 38.7. The van der Waals surface area contributed by atoms with Gasteiger partial charge in [-0.15, -0.1) is 0 Å². The van der Waals surface area contributed by atoms with Crippen molar-refractivity contribution < 1.29 is 24.5 Å². The molecule has 0 spiro atoms. The number of amides is 1. The van der Waals surface area contributed by atoms with E-state index in [1.165, 1.54) is 148 Å². The van der Waals surface area contributed by atoms with Crippen molar-refractivity contribution in [2.75, 3.05) is 13.2 Å². The Morgan fingerprint density at radius 2 is 0.887 bits per heavy atom. The normalized spacial score (nSPS) is 12.8. The Hall–Kier alpha value is -1.40. The van der Waals surface area contributed by atoms with Crippen molar-refractivity contribution in [1.29, 1.82) is 0 Å². The van der Waals surface area contributed by atoms with Gasteiger partial charge in [0.2, 0.25) is 5.91 Å². The Labute approximate surface area is 329 Å². The highest BCUT2D eigenvalue weighted by Gasteiger charge is 2.20. The molecule has 0 aromatic heterocycles. The zero-order valence-electron chi connectivity index (χ0n) is 35.5. The molecule has 314 valence electrons. The minimum absolute atomic E-state index is 0.0123. The van der Waals surface area contributed by atoms with Crippen LogP contribution in [0.15, 0.2) is 12.2 Å². The van der Waals surface area contributed by atoms with Crippen LogP contribution < -0.4 is 5.32 Å². The van der Waals surface area contributed by atoms with Crippen molar-refractivity contribution in [2.45, 2.75) is 264 Å². The minimum atomic E-state index is -0.678. The monoisotopic (exact) mass is 750 g/mol. The van der Waals surface area contributed by atoms with Gasteiger partial charge in [-0.1, -0.05) is 199 Å². The number of unbranched alkanes of at least 4 members (excludes halogenated alkanes) is 30. The minimum Gasteiger partial charge on any atom is -0.466 e. The summed E-state index contributed by atoms with van der Waals surface area (Å²) in [4.78, 5) is 24.3. The van der Waals surface area contributed by atoms with Crippen LogP contribution in [-0.4, -0.2) is 47.4 Å². The van der Waals surface area contributed by atoms with Gasteiger partial charge in [0.25, 0.3) is 0 Å². The van der Waals surface area contributed by atoms with E-state index in [1.807, 2.05) is 0 Å². The Bertz CT molecular complexity index is 787. The first kappa shape index (κ1) is 51.6. The van der Waals surface area contributed by atoms with E-state index in [-0.39, 0.29) is 18.5 Å². The van der Waals surface area contributed by atoms with Crippen LogP contribution in [0.1, 0.15) is 251 Å². The molecule has 0 fully saturated rings. The second-order valence-electron chi connectivity index (χ2n) is 16.1. The van der Waals surface area contributed by atoms with E-state index in [0.717, 1.165) is 70.6 Å². The van der Waals surface area contributed by atoms with Crippen molar-refractivity contribution in [3.63, 3.8) is 0 Å². The molecule has 1 amide bonds. The molecule has 0 aliphatic heterocycles. The lowest BCUT2D eigenvalue weighted by Gasteiger charge is -2.22. The molecule has 53 heavy (non-hydrogen) atoms. The first-order valence-corrected chi connectivity index (χ1v) is 23.4. The Morgan fingerprint density at radius 3 is 1.36 bits per heavy atom. The molecular weight excluding hydrogens is 659 g/mol. The molecule has 0 bridgehead atoms. The number of hydrogen-bond acceptors (Lipinski definition) is 5. The summed E-state index contributed by atoms with van der Waals surface area (Å²) >= 11 is 0. The number of ether oxygens (including phenoxy) is 1. The van der Waals surface area contributed by atoms with E-state index >= 15 is 0 Å². The molecule has 2 unspecified atom stereocenters. The van der Waals surface area contributed by atoms with Crippen LogP contribution in [-0.2, 0) is 14.3 Å². The number of aliphatic hydroxyl groups is 2. The van der Waals surface area contributed by atoms with Crippen LogP contribution in [0.3, 0.4) is 0 Å². The lowest BCUT2D eigenvalue weighted by atomic mass is 10.0. The molecule has 0 aliphatic rings. The first-order chi connectivity index (χ1) is 26.0. The Balaban J connectivity index is 3.49. The van der Waals surface area contributed by atoms with E-state index in [1.54, 1.807) is 0 Å². The van der Waals surface area contributed by atoms with Gasteiger partial charge in [-0.3, -0.25) is 9.59 Å². The molecular formula is C47H91NO5. The molecule has 0 aromatic carbocycles. The summed E-state index contributed by atoms with van der Waals surface area (Å²) in [6.07, 6.45) is 47.4. The Kier molecular flexibility index (Phi) is 42.2. The molecule has 0 heterocycles. The van der Waals surface area contributed by atoms with Crippen LogP contribution in [0.25, 0.3) is 0 Å². The summed E-state index contributed by atoms with van der Waals surface area (Å²) in [7, 11) is 0. The van der Waals surface area contributed by atoms with Crippen molar-refractivity contribution in [2.24, 2.45) is 0 Å². The van der Waals surface area contributed by atoms with Gasteiger partial charge < -0.3 is 20.3 Å². The summed E-state index contributed by atoms with van der Waals surface area (Å²) in [6, 6.07) is -0.558. The van der Waals surface area contributed by atoms with Crippen LogP contribution in [0.2, 0.25) is 0 Å². The molecule has 0 aromatic rings. The predicted molar refractivity (Wildman–Crippen MR) is 227 cm³/mol. The van der Waals surface area contributed by atoms with E-state index in [4.69, 9.17) is 4.74 Å². The number of esters is 1. The number of hydrogen-bond donors (Lipinski definition) is 3. The van der Waals surface area contributed by atoms with Gasteiger partial charge in [0, 0.05) is 12.8 Å². The summed E-state index contributed by atoms with van der Waals surface area (Å²) in [5.74, 6) is -0.0784. The molecule has 0 rings (SSSR count). The maximum absolute atomic E-state index is 12.4. The fourth-order valence-corrected chi connectivity index (χ4v) is 7.16. The topological polar surface area (TPSA) is 95.9 Å². The quantitative estimate of drug-likeness (QED) is 0.0328. The lowest BCUT2D eigenvalue weighted by Crippen LogP contribution is -2.45. The smallest absolute Gasteiger partial charge is 0.305 e. The molecule has 2 atom stereocenters. The fourth-order valence-electron chi connectivity index (χ4n) is 7.16. The molecule has 0 radical (unpaired) electrons. The van der Waals surface area contributed by atoms with Gasteiger partial charge in [0.05, 0.1) is 25.4 Å². The van der Waals surface area contributed by atoms with Crippen LogP contribution >= 0.6 is 0 Å². The summed E-state index contributed by atoms with van der Waals surface area (Å²) in [5, 5.41) is 23.1. The largest absolute Gasteiger partial charge is 0.466 e. The number of aliphatic hydroxyl groups excluding tert-OH is 2. The summed E-state index contributed by atoms with van der Waals surface area (Å²) in [5.41, 5.74) is 0. The van der Waals surface area contributed by atoms with Gasteiger partial charge in [-0.25, -0.2) is 0 Å². The third kappa shape index (κ3) is 40.1.